The SMILES string of the molecule is Cc1ccc2c(c1)C(O)C(N1CC(C)CC(C)C1)CO2. The lowest BCUT2D eigenvalue weighted by Gasteiger charge is -2.43. The molecular formula is C17H25NO2. The number of nitrogens with zero attached hydrogens (tertiary/aromatic N) is 1. The average molecular weight is 275 g/mol. The fourth-order valence-electron chi connectivity index (χ4n) is 3.79. The summed E-state index contributed by atoms with van der Waals surface area (Å²) in [5, 5.41) is 10.7. The maximum atomic E-state index is 10.7. The van der Waals surface area contributed by atoms with Crippen molar-refractivity contribution in [2.24, 2.45) is 11.8 Å². The van der Waals surface area contributed by atoms with E-state index in [9.17, 15) is 5.11 Å². The molecule has 0 saturated carbocycles. The molecule has 1 fully saturated rings. The van der Waals surface area contributed by atoms with Crippen molar-refractivity contribution in [2.75, 3.05) is 19.7 Å². The van der Waals surface area contributed by atoms with Crippen LogP contribution < -0.4 is 4.74 Å². The molecule has 3 nitrogen and oxygen atoms in total. The molecule has 1 aromatic rings. The highest BCUT2D eigenvalue weighted by atomic mass is 16.5. The van der Waals surface area contributed by atoms with E-state index in [1.165, 1.54) is 12.0 Å². The topological polar surface area (TPSA) is 32.7 Å². The minimum absolute atomic E-state index is 0.0921. The highest BCUT2D eigenvalue weighted by Crippen LogP contribution is 2.36. The number of benzene rings is 1. The van der Waals surface area contributed by atoms with Gasteiger partial charge < -0.3 is 9.84 Å². The van der Waals surface area contributed by atoms with Crippen molar-refractivity contribution in [3.05, 3.63) is 29.3 Å². The number of hydrogen-bond donors (Lipinski definition) is 1. The van der Waals surface area contributed by atoms with E-state index in [1.54, 1.807) is 0 Å². The van der Waals surface area contributed by atoms with Crippen LogP contribution in [0.1, 0.15) is 37.5 Å². The van der Waals surface area contributed by atoms with Crippen molar-refractivity contribution in [1.29, 1.82) is 0 Å². The highest BCUT2D eigenvalue weighted by Gasteiger charge is 2.36. The number of aliphatic hydroxyl groups excluding tert-OH is 1. The number of fused-ring (bicyclic) bond motifs is 1. The van der Waals surface area contributed by atoms with Gasteiger partial charge in [-0.05, 0) is 37.3 Å². The second-order valence-corrected chi connectivity index (χ2v) is 6.76. The maximum Gasteiger partial charge on any atom is 0.125 e. The van der Waals surface area contributed by atoms with Crippen LogP contribution in [-0.2, 0) is 0 Å². The molecule has 0 bridgehead atoms. The summed E-state index contributed by atoms with van der Waals surface area (Å²) in [4.78, 5) is 2.43. The van der Waals surface area contributed by atoms with Gasteiger partial charge in [0.2, 0.25) is 0 Å². The molecule has 0 amide bonds. The summed E-state index contributed by atoms with van der Waals surface area (Å²) < 4.78 is 5.88. The molecule has 3 rings (SSSR count). The van der Waals surface area contributed by atoms with Gasteiger partial charge in [-0.25, -0.2) is 0 Å². The van der Waals surface area contributed by atoms with Gasteiger partial charge in [0.05, 0.1) is 6.04 Å². The van der Waals surface area contributed by atoms with Crippen molar-refractivity contribution in [1.82, 2.24) is 4.90 Å². The number of piperidine rings is 1. The Kier molecular flexibility index (Phi) is 3.74. The Morgan fingerprint density at radius 2 is 1.90 bits per heavy atom. The molecule has 0 spiro atoms. The Morgan fingerprint density at radius 1 is 1.20 bits per heavy atom. The lowest BCUT2D eigenvalue weighted by molar-refractivity contribution is -0.0227. The summed E-state index contributed by atoms with van der Waals surface area (Å²) in [5.74, 6) is 2.24. The first-order chi connectivity index (χ1) is 9.54. The Morgan fingerprint density at radius 3 is 2.60 bits per heavy atom. The Hall–Kier alpha value is -1.06. The third-order valence-corrected chi connectivity index (χ3v) is 4.62. The number of likely N-dealkylation sites (tertiary alicyclic amines) is 1. The van der Waals surface area contributed by atoms with Crippen LogP contribution in [0.3, 0.4) is 0 Å². The van der Waals surface area contributed by atoms with Gasteiger partial charge in [0, 0.05) is 18.7 Å². The van der Waals surface area contributed by atoms with Gasteiger partial charge in [0.25, 0.3) is 0 Å². The number of rotatable bonds is 1. The fraction of sp³-hybridized carbons (Fsp3) is 0.647. The third-order valence-electron chi connectivity index (χ3n) is 4.62. The molecule has 1 saturated heterocycles. The first-order valence-electron chi connectivity index (χ1n) is 7.70. The molecule has 1 N–H and O–H groups in total. The van der Waals surface area contributed by atoms with Crippen LogP contribution in [0.5, 0.6) is 5.75 Å². The molecule has 0 aliphatic carbocycles. The van der Waals surface area contributed by atoms with Crippen LogP contribution in [-0.4, -0.2) is 35.7 Å². The van der Waals surface area contributed by atoms with Crippen LogP contribution in [0.4, 0.5) is 0 Å². The molecule has 0 radical (unpaired) electrons. The standard InChI is InChI=1S/C17H25NO2/c1-11-4-5-16-14(7-11)17(19)15(10-20-16)18-8-12(2)6-13(3)9-18/h4-5,7,12-13,15,17,19H,6,8-10H2,1-3H3. The quantitative estimate of drug-likeness (QED) is 0.855. The number of hydrogen-bond acceptors (Lipinski definition) is 3. The zero-order chi connectivity index (χ0) is 14.3. The van der Waals surface area contributed by atoms with Crippen molar-refractivity contribution < 1.29 is 9.84 Å². The second kappa shape index (κ2) is 5.38. The first-order valence-corrected chi connectivity index (χ1v) is 7.70. The number of aliphatic hydroxyl groups is 1. The van der Waals surface area contributed by atoms with E-state index in [0.717, 1.165) is 24.4 Å². The molecule has 2 aliphatic heterocycles. The second-order valence-electron chi connectivity index (χ2n) is 6.76. The van der Waals surface area contributed by atoms with Gasteiger partial charge in [-0.1, -0.05) is 25.5 Å². The molecular weight excluding hydrogens is 250 g/mol. The van der Waals surface area contributed by atoms with E-state index in [0.29, 0.717) is 18.4 Å². The molecule has 2 heterocycles. The third kappa shape index (κ3) is 2.57. The molecule has 110 valence electrons. The Bertz CT molecular complexity index is 478. The zero-order valence-corrected chi connectivity index (χ0v) is 12.7. The van der Waals surface area contributed by atoms with E-state index in [-0.39, 0.29) is 6.04 Å². The van der Waals surface area contributed by atoms with E-state index in [2.05, 4.69) is 31.7 Å². The monoisotopic (exact) mass is 275 g/mol. The van der Waals surface area contributed by atoms with Crippen LogP contribution in [0.15, 0.2) is 18.2 Å². The van der Waals surface area contributed by atoms with Crippen LogP contribution in [0.2, 0.25) is 0 Å². The van der Waals surface area contributed by atoms with Crippen LogP contribution in [0.25, 0.3) is 0 Å². The molecule has 4 unspecified atom stereocenters. The maximum absolute atomic E-state index is 10.7. The highest BCUT2D eigenvalue weighted by molar-refractivity contribution is 5.40. The predicted octanol–water partition coefficient (Wildman–Crippen LogP) is 2.77. The van der Waals surface area contributed by atoms with Gasteiger partial charge >= 0.3 is 0 Å². The molecule has 1 aromatic carbocycles. The number of aryl methyl sites for hydroxylation is 1. The molecule has 0 aromatic heterocycles. The van der Waals surface area contributed by atoms with Crippen LogP contribution >= 0.6 is 0 Å². The largest absolute Gasteiger partial charge is 0.491 e. The van der Waals surface area contributed by atoms with Crippen molar-refractivity contribution in [3.63, 3.8) is 0 Å². The van der Waals surface area contributed by atoms with Crippen LogP contribution in [0, 0.1) is 18.8 Å². The molecule has 20 heavy (non-hydrogen) atoms. The first kappa shape index (κ1) is 13.9. The minimum atomic E-state index is -0.434. The van der Waals surface area contributed by atoms with Gasteiger partial charge in [0.15, 0.2) is 0 Å². The van der Waals surface area contributed by atoms with E-state index < -0.39 is 6.10 Å². The van der Waals surface area contributed by atoms with E-state index in [1.807, 2.05) is 12.1 Å². The van der Waals surface area contributed by atoms with Crippen molar-refractivity contribution in [2.45, 2.75) is 39.3 Å². The lowest BCUT2D eigenvalue weighted by Crippen LogP contribution is -2.51. The summed E-state index contributed by atoms with van der Waals surface area (Å²) in [6, 6.07) is 6.17. The summed E-state index contributed by atoms with van der Waals surface area (Å²) in [7, 11) is 0. The van der Waals surface area contributed by atoms with Crippen molar-refractivity contribution >= 4 is 0 Å². The van der Waals surface area contributed by atoms with E-state index >= 15 is 0 Å². The number of ether oxygens (including phenoxy) is 1. The summed E-state index contributed by atoms with van der Waals surface area (Å²) in [5.41, 5.74) is 2.12. The van der Waals surface area contributed by atoms with E-state index in [4.69, 9.17) is 4.74 Å². The smallest absolute Gasteiger partial charge is 0.125 e. The predicted molar refractivity (Wildman–Crippen MR) is 79.9 cm³/mol. The molecule has 4 atom stereocenters. The fourth-order valence-corrected chi connectivity index (χ4v) is 3.79. The normalized spacial score (nSPS) is 34.4. The summed E-state index contributed by atoms with van der Waals surface area (Å²) in [6.07, 6.45) is 0.853. The summed E-state index contributed by atoms with van der Waals surface area (Å²) in [6.45, 7) is 9.39. The van der Waals surface area contributed by atoms with Gasteiger partial charge in [-0.3, -0.25) is 4.90 Å². The zero-order valence-electron chi connectivity index (χ0n) is 12.7. The lowest BCUT2D eigenvalue weighted by atomic mass is 9.88. The summed E-state index contributed by atoms with van der Waals surface area (Å²) >= 11 is 0. The Balaban J connectivity index is 1.82. The van der Waals surface area contributed by atoms with Gasteiger partial charge in [-0.15, -0.1) is 0 Å². The van der Waals surface area contributed by atoms with Crippen molar-refractivity contribution in [3.8, 4) is 5.75 Å². The minimum Gasteiger partial charge on any atom is -0.491 e. The molecule has 3 heteroatoms. The van der Waals surface area contributed by atoms with Gasteiger partial charge in [0.1, 0.15) is 18.5 Å². The Labute approximate surface area is 121 Å². The average Bonchev–Trinajstić information content (AvgIpc) is 2.38. The molecule has 2 aliphatic rings. The van der Waals surface area contributed by atoms with Gasteiger partial charge in [-0.2, -0.15) is 0 Å².